The molecular formula is C20H28O3. The molecule has 4 rings (SSSR count). The van der Waals surface area contributed by atoms with Gasteiger partial charge in [-0.25, -0.2) is 0 Å². The molecular weight excluding hydrogens is 288 g/mol. The average molecular weight is 316 g/mol. The van der Waals surface area contributed by atoms with Crippen LogP contribution < -0.4 is 0 Å². The van der Waals surface area contributed by atoms with Gasteiger partial charge in [-0.3, -0.25) is 0 Å². The number of fused-ring (bicyclic) bond motifs is 5. The Kier molecular flexibility index (Phi) is 3.34. The van der Waals surface area contributed by atoms with E-state index >= 15 is 0 Å². The largest absolute Gasteiger partial charge is 0.508 e. The maximum atomic E-state index is 11.0. The molecule has 2 fully saturated rings. The molecule has 2 N–H and O–H groups in total. The minimum atomic E-state index is -0.589. The quantitative estimate of drug-likeness (QED) is 0.832. The molecule has 0 bridgehead atoms. The van der Waals surface area contributed by atoms with E-state index in [2.05, 4.69) is 13.0 Å². The van der Waals surface area contributed by atoms with Crippen LogP contribution in [0.5, 0.6) is 5.75 Å². The molecule has 3 heteroatoms. The van der Waals surface area contributed by atoms with E-state index in [-0.39, 0.29) is 11.5 Å². The van der Waals surface area contributed by atoms with Crippen molar-refractivity contribution in [1.82, 2.24) is 0 Å². The van der Waals surface area contributed by atoms with Gasteiger partial charge in [0.15, 0.2) is 0 Å². The topological polar surface area (TPSA) is 49.7 Å². The third kappa shape index (κ3) is 2.02. The highest BCUT2D eigenvalue weighted by atomic mass is 16.5. The van der Waals surface area contributed by atoms with Crippen molar-refractivity contribution in [2.75, 3.05) is 7.11 Å². The molecule has 1 aromatic carbocycles. The number of hydrogen-bond donors (Lipinski definition) is 2. The molecule has 3 aliphatic rings. The highest BCUT2D eigenvalue weighted by Gasteiger charge is 2.62. The first kappa shape index (κ1) is 15.5. The smallest absolute Gasteiger partial charge is 0.115 e. The first-order valence-electron chi connectivity index (χ1n) is 8.94. The second-order valence-electron chi connectivity index (χ2n) is 8.43. The van der Waals surface area contributed by atoms with E-state index in [0.717, 1.165) is 32.1 Å². The molecule has 0 unspecified atom stereocenters. The van der Waals surface area contributed by atoms with E-state index in [1.54, 1.807) is 0 Å². The second-order valence-corrected chi connectivity index (χ2v) is 8.43. The van der Waals surface area contributed by atoms with E-state index in [1.807, 2.05) is 26.2 Å². The zero-order valence-electron chi connectivity index (χ0n) is 14.4. The number of aromatic hydroxyl groups is 1. The standard InChI is InChI=1S/C20H28O3/c1-19-11-17(23-3)18-14-7-5-13(21)10-12(14)4-6-15(18)16(19)8-9-20(19,2)22/h5,7,10,15-18,21-22H,4,6,8-9,11H2,1-3H3/t15-,16-,17-,18+,19-,20-/m0/s1. The van der Waals surface area contributed by atoms with Crippen molar-refractivity contribution in [1.29, 1.82) is 0 Å². The van der Waals surface area contributed by atoms with Crippen molar-refractivity contribution >= 4 is 0 Å². The van der Waals surface area contributed by atoms with Gasteiger partial charge in [0.1, 0.15) is 5.75 Å². The lowest BCUT2D eigenvalue weighted by Crippen LogP contribution is -2.54. The van der Waals surface area contributed by atoms with E-state index in [1.165, 1.54) is 11.1 Å². The summed E-state index contributed by atoms with van der Waals surface area (Å²) in [6.45, 7) is 4.30. The SMILES string of the molecule is CO[C@H]1C[C@@]2(C)[C@@H](CC[C@]2(C)O)[C@@H]2CCc3cc(O)ccc3[C@H]21. The molecule has 3 nitrogen and oxygen atoms in total. The van der Waals surface area contributed by atoms with Crippen LogP contribution in [0.2, 0.25) is 0 Å². The number of aryl methyl sites for hydroxylation is 1. The summed E-state index contributed by atoms with van der Waals surface area (Å²) in [7, 11) is 1.81. The Morgan fingerprint density at radius 3 is 2.74 bits per heavy atom. The monoisotopic (exact) mass is 316 g/mol. The van der Waals surface area contributed by atoms with Gasteiger partial charge >= 0.3 is 0 Å². The van der Waals surface area contributed by atoms with Crippen LogP contribution in [0.25, 0.3) is 0 Å². The molecule has 0 amide bonds. The third-order valence-corrected chi connectivity index (χ3v) is 7.53. The van der Waals surface area contributed by atoms with E-state index in [9.17, 15) is 10.2 Å². The molecule has 0 spiro atoms. The number of phenolic OH excluding ortho intramolecular Hbond substituents is 1. The van der Waals surface area contributed by atoms with Crippen LogP contribution in [-0.2, 0) is 11.2 Å². The van der Waals surface area contributed by atoms with Gasteiger partial charge in [-0.05, 0) is 74.1 Å². The maximum absolute atomic E-state index is 11.0. The Morgan fingerprint density at radius 2 is 2.00 bits per heavy atom. The van der Waals surface area contributed by atoms with Crippen molar-refractivity contribution in [2.45, 2.75) is 63.6 Å². The van der Waals surface area contributed by atoms with Gasteiger partial charge in [0.25, 0.3) is 0 Å². The predicted molar refractivity (Wildman–Crippen MR) is 89.5 cm³/mol. The molecule has 0 aliphatic heterocycles. The Labute approximate surface area is 138 Å². The number of aliphatic hydroxyl groups is 1. The van der Waals surface area contributed by atoms with E-state index in [4.69, 9.17) is 4.74 Å². The third-order valence-electron chi connectivity index (χ3n) is 7.53. The second kappa shape index (κ2) is 4.97. The van der Waals surface area contributed by atoms with Crippen LogP contribution in [-0.4, -0.2) is 29.0 Å². The van der Waals surface area contributed by atoms with E-state index in [0.29, 0.717) is 23.5 Å². The molecule has 3 aliphatic carbocycles. The molecule has 126 valence electrons. The summed E-state index contributed by atoms with van der Waals surface area (Å²) in [4.78, 5) is 0. The lowest BCUT2D eigenvalue weighted by atomic mass is 9.52. The minimum absolute atomic E-state index is 0.0523. The van der Waals surface area contributed by atoms with Crippen molar-refractivity contribution in [2.24, 2.45) is 17.3 Å². The zero-order chi connectivity index (χ0) is 16.4. The van der Waals surface area contributed by atoms with Crippen LogP contribution in [0.3, 0.4) is 0 Å². The fraction of sp³-hybridized carbons (Fsp3) is 0.700. The van der Waals surface area contributed by atoms with Gasteiger partial charge in [-0.1, -0.05) is 13.0 Å². The molecule has 2 saturated carbocycles. The summed E-state index contributed by atoms with van der Waals surface area (Å²) in [5.74, 6) is 1.90. The summed E-state index contributed by atoms with van der Waals surface area (Å²) < 4.78 is 5.94. The lowest BCUT2D eigenvalue weighted by Gasteiger charge is -2.55. The minimum Gasteiger partial charge on any atom is -0.508 e. The number of hydrogen-bond acceptors (Lipinski definition) is 3. The molecule has 0 aromatic heterocycles. The Bertz CT molecular complexity index is 623. The van der Waals surface area contributed by atoms with Crippen LogP contribution >= 0.6 is 0 Å². The van der Waals surface area contributed by atoms with Crippen molar-refractivity contribution in [3.8, 4) is 5.75 Å². The van der Waals surface area contributed by atoms with Crippen molar-refractivity contribution < 1.29 is 14.9 Å². The summed E-state index contributed by atoms with van der Waals surface area (Å²) >= 11 is 0. The van der Waals surface area contributed by atoms with Crippen LogP contribution in [0.15, 0.2) is 18.2 Å². The van der Waals surface area contributed by atoms with Crippen molar-refractivity contribution in [3.05, 3.63) is 29.3 Å². The molecule has 6 atom stereocenters. The van der Waals surface area contributed by atoms with Crippen LogP contribution in [0.1, 0.15) is 56.6 Å². The lowest BCUT2D eigenvalue weighted by molar-refractivity contribution is -0.132. The Hall–Kier alpha value is -1.06. The Morgan fingerprint density at radius 1 is 1.22 bits per heavy atom. The van der Waals surface area contributed by atoms with Gasteiger partial charge < -0.3 is 14.9 Å². The molecule has 0 saturated heterocycles. The fourth-order valence-corrected chi connectivity index (χ4v) is 6.07. The summed E-state index contributed by atoms with van der Waals surface area (Å²) in [6.07, 6.45) is 5.25. The number of methoxy groups -OCH3 is 1. The number of rotatable bonds is 1. The first-order chi connectivity index (χ1) is 10.9. The molecule has 23 heavy (non-hydrogen) atoms. The normalized spacial score (nSPS) is 45.2. The van der Waals surface area contributed by atoms with Gasteiger partial charge in [0.05, 0.1) is 11.7 Å². The number of benzene rings is 1. The Balaban J connectivity index is 1.79. The fourth-order valence-electron chi connectivity index (χ4n) is 6.07. The van der Waals surface area contributed by atoms with Gasteiger partial charge in [-0.2, -0.15) is 0 Å². The number of ether oxygens (including phenoxy) is 1. The summed E-state index contributed by atoms with van der Waals surface area (Å²) in [5.41, 5.74) is 2.00. The zero-order valence-corrected chi connectivity index (χ0v) is 14.4. The summed E-state index contributed by atoms with van der Waals surface area (Å²) in [5, 5.41) is 20.8. The average Bonchev–Trinajstić information content (AvgIpc) is 2.76. The van der Waals surface area contributed by atoms with Gasteiger partial charge in [-0.15, -0.1) is 0 Å². The molecule has 0 radical (unpaired) electrons. The van der Waals surface area contributed by atoms with Gasteiger partial charge in [0, 0.05) is 18.4 Å². The van der Waals surface area contributed by atoms with Crippen LogP contribution in [0, 0.1) is 17.3 Å². The van der Waals surface area contributed by atoms with Crippen LogP contribution in [0.4, 0.5) is 0 Å². The molecule has 1 aromatic rings. The van der Waals surface area contributed by atoms with E-state index < -0.39 is 5.60 Å². The number of phenols is 1. The predicted octanol–water partition coefficient (Wildman–Crippen LogP) is 3.62. The highest BCUT2D eigenvalue weighted by molar-refractivity contribution is 5.41. The summed E-state index contributed by atoms with van der Waals surface area (Å²) in [6, 6.07) is 5.84. The van der Waals surface area contributed by atoms with Gasteiger partial charge in [0.2, 0.25) is 0 Å². The highest BCUT2D eigenvalue weighted by Crippen LogP contribution is 2.64. The molecule has 0 heterocycles. The first-order valence-corrected chi connectivity index (χ1v) is 8.94. The van der Waals surface area contributed by atoms with Crippen molar-refractivity contribution in [3.63, 3.8) is 0 Å². The maximum Gasteiger partial charge on any atom is 0.115 e.